The van der Waals surface area contributed by atoms with Crippen LogP contribution in [0.4, 0.5) is 0 Å². The third-order valence-electron chi connectivity index (χ3n) is 4.40. The molecule has 25 heavy (non-hydrogen) atoms. The SMILES string of the molecule is O=C(O)COc1cccc(C(=O)N2CCCC2Cc2ccccc2)c1. The zero-order valence-corrected chi connectivity index (χ0v) is 13.9. The van der Waals surface area contributed by atoms with Crippen molar-refractivity contribution in [2.45, 2.75) is 25.3 Å². The van der Waals surface area contributed by atoms with E-state index in [0.717, 1.165) is 25.8 Å². The van der Waals surface area contributed by atoms with Crippen molar-refractivity contribution in [1.29, 1.82) is 0 Å². The molecule has 0 aromatic heterocycles. The molecule has 1 fully saturated rings. The van der Waals surface area contributed by atoms with E-state index in [1.807, 2.05) is 23.1 Å². The topological polar surface area (TPSA) is 66.8 Å². The Kier molecular flexibility index (Phi) is 5.33. The molecule has 1 amide bonds. The third-order valence-corrected chi connectivity index (χ3v) is 4.40. The molecule has 5 heteroatoms. The first-order valence-electron chi connectivity index (χ1n) is 8.43. The number of carboxylic acids is 1. The highest BCUT2D eigenvalue weighted by Gasteiger charge is 2.29. The molecule has 5 nitrogen and oxygen atoms in total. The summed E-state index contributed by atoms with van der Waals surface area (Å²) in [5, 5.41) is 8.70. The van der Waals surface area contributed by atoms with E-state index in [-0.39, 0.29) is 11.9 Å². The number of aliphatic carboxylic acids is 1. The molecule has 1 saturated heterocycles. The number of benzene rings is 2. The summed E-state index contributed by atoms with van der Waals surface area (Å²) < 4.78 is 5.17. The zero-order chi connectivity index (χ0) is 17.6. The minimum absolute atomic E-state index is 0.0285. The molecule has 1 atom stereocenters. The smallest absolute Gasteiger partial charge is 0.341 e. The van der Waals surface area contributed by atoms with Crippen LogP contribution in [-0.4, -0.2) is 41.1 Å². The molecule has 2 aromatic carbocycles. The van der Waals surface area contributed by atoms with Crippen LogP contribution in [-0.2, 0) is 11.2 Å². The number of rotatable bonds is 6. The van der Waals surface area contributed by atoms with Gasteiger partial charge >= 0.3 is 5.97 Å². The van der Waals surface area contributed by atoms with E-state index in [2.05, 4.69) is 12.1 Å². The van der Waals surface area contributed by atoms with Gasteiger partial charge in [-0.3, -0.25) is 4.79 Å². The molecule has 1 heterocycles. The van der Waals surface area contributed by atoms with Crippen molar-refractivity contribution in [3.63, 3.8) is 0 Å². The summed E-state index contributed by atoms with van der Waals surface area (Å²) in [4.78, 5) is 25.4. The fourth-order valence-corrected chi connectivity index (χ4v) is 3.23. The average Bonchev–Trinajstić information content (AvgIpc) is 3.08. The Bertz CT molecular complexity index is 744. The van der Waals surface area contributed by atoms with E-state index in [0.29, 0.717) is 11.3 Å². The van der Waals surface area contributed by atoms with E-state index >= 15 is 0 Å². The number of hydrogen-bond acceptors (Lipinski definition) is 3. The summed E-state index contributed by atoms with van der Waals surface area (Å²) in [6.07, 6.45) is 2.84. The lowest BCUT2D eigenvalue weighted by atomic mass is 10.0. The van der Waals surface area contributed by atoms with Gasteiger partial charge in [-0.15, -0.1) is 0 Å². The number of likely N-dealkylation sites (tertiary alicyclic amines) is 1. The lowest BCUT2D eigenvalue weighted by Crippen LogP contribution is -2.36. The molecule has 2 aromatic rings. The van der Waals surface area contributed by atoms with Gasteiger partial charge in [0.2, 0.25) is 0 Å². The summed E-state index contributed by atoms with van der Waals surface area (Å²) in [5.41, 5.74) is 1.76. The van der Waals surface area contributed by atoms with Crippen molar-refractivity contribution in [2.24, 2.45) is 0 Å². The first kappa shape index (κ1) is 17.0. The predicted octanol–water partition coefficient (Wildman–Crippen LogP) is 3.00. The van der Waals surface area contributed by atoms with Crippen molar-refractivity contribution in [3.8, 4) is 5.75 Å². The van der Waals surface area contributed by atoms with Crippen molar-refractivity contribution < 1.29 is 19.4 Å². The van der Waals surface area contributed by atoms with Crippen molar-refractivity contribution in [3.05, 3.63) is 65.7 Å². The molecular formula is C20H21NO4. The number of carbonyl (C=O) groups excluding carboxylic acids is 1. The van der Waals surface area contributed by atoms with Gasteiger partial charge in [0, 0.05) is 18.2 Å². The molecule has 0 radical (unpaired) electrons. The maximum atomic E-state index is 12.9. The standard InChI is InChI=1S/C20H21NO4/c22-19(23)14-25-18-10-4-8-16(13-18)20(24)21-11-5-9-17(21)12-15-6-2-1-3-7-15/h1-4,6-8,10,13,17H,5,9,11-12,14H2,(H,22,23). The summed E-state index contributed by atoms with van der Waals surface area (Å²) in [6.45, 7) is 0.328. The molecule has 0 bridgehead atoms. The molecule has 0 aliphatic carbocycles. The Hall–Kier alpha value is -2.82. The Morgan fingerprint density at radius 2 is 1.92 bits per heavy atom. The minimum Gasteiger partial charge on any atom is -0.482 e. The molecule has 1 N–H and O–H groups in total. The van der Waals surface area contributed by atoms with Gasteiger partial charge < -0.3 is 14.7 Å². The molecule has 0 spiro atoms. The zero-order valence-electron chi connectivity index (χ0n) is 13.9. The molecule has 1 aliphatic heterocycles. The van der Waals surface area contributed by atoms with E-state index in [1.54, 1.807) is 24.3 Å². The van der Waals surface area contributed by atoms with E-state index in [1.165, 1.54) is 5.56 Å². The Balaban J connectivity index is 1.71. The average molecular weight is 339 g/mol. The van der Waals surface area contributed by atoms with Crippen LogP contribution in [0.1, 0.15) is 28.8 Å². The lowest BCUT2D eigenvalue weighted by Gasteiger charge is -2.25. The molecule has 130 valence electrons. The number of ether oxygens (including phenoxy) is 1. The summed E-state index contributed by atoms with van der Waals surface area (Å²) in [6, 6.07) is 17.1. The largest absolute Gasteiger partial charge is 0.482 e. The van der Waals surface area contributed by atoms with Crippen LogP contribution in [0.25, 0.3) is 0 Å². The van der Waals surface area contributed by atoms with Crippen LogP contribution in [0, 0.1) is 0 Å². The van der Waals surface area contributed by atoms with Gasteiger partial charge in [-0.25, -0.2) is 4.79 Å². The van der Waals surface area contributed by atoms with Gasteiger partial charge in [-0.05, 0) is 43.0 Å². The van der Waals surface area contributed by atoms with Crippen molar-refractivity contribution in [2.75, 3.05) is 13.2 Å². The second kappa shape index (κ2) is 7.83. The first-order valence-corrected chi connectivity index (χ1v) is 8.43. The van der Waals surface area contributed by atoms with Crippen molar-refractivity contribution in [1.82, 2.24) is 4.90 Å². The van der Waals surface area contributed by atoms with Gasteiger partial charge in [0.15, 0.2) is 6.61 Å². The van der Waals surface area contributed by atoms with Crippen LogP contribution >= 0.6 is 0 Å². The van der Waals surface area contributed by atoms with Crippen LogP contribution in [0.2, 0.25) is 0 Å². The summed E-state index contributed by atoms with van der Waals surface area (Å²) in [7, 11) is 0. The maximum Gasteiger partial charge on any atom is 0.341 e. The monoisotopic (exact) mass is 339 g/mol. The Labute approximate surface area is 146 Å². The van der Waals surface area contributed by atoms with Crippen molar-refractivity contribution >= 4 is 11.9 Å². The lowest BCUT2D eigenvalue weighted by molar-refractivity contribution is -0.139. The second-order valence-corrected chi connectivity index (χ2v) is 6.19. The third kappa shape index (κ3) is 4.38. The van der Waals surface area contributed by atoms with Gasteiger partial charge in [0.25, 0.3) is 5.91 Å². The highest BCUT2D eigenvalue weighted by atomic mass is 16.5. The number of carboxylic acid groups (broad SMARTS) is 1. The van der Waals surface area contributed by atoms with Gasteiger partial charge in [0.1, 0.15) is 5.75 Å². The normalized spacial score (nSPS) is 16.6. The summed E-state index contributed by atoms with van der Waals surface area (Å²) in [5.74, 6) is -0.675. The number of carbonyl (C=O) groups is 2. The highest BCUT2D eigenvalue weighted by molar-refractivity contribution is 5.95. The Morgan fingerprint density at radius 3 is 2.68 bits per heavy atom. The second-order valence-electron chi connectivity index (χ2n) is 6.19. The number of hydrogen-bond donors (Lipinski definition) is 1. The maximum absolute atomic E-state index is 12.9. The molecule has 0 saturated carbocycles. The Morgan fingerprint density at radius 1 is 1.12 bits per heavy atom. The van der Waals surface area contributed by atoms with Gasteiger partial charge in [-0.1, -0.05) is 36.4 Å². The minimum atomic E-state index is -1.04. The summed E-state index contributed by atoms with van der Waals surface area (Å²) >= 11 is 0. The van der Waals surface area contributed by atoms with E-state index in [4.69, 9.17) is 9.84 Å². The molecule has 3 rings (SSSR count). The number of amides is 1. The predicted molar refractivity (Wildman–Crippen MR) is 93.8 cm³/mol. The highest BCUT2D eigenvalue weighted by Crippen LogP contribution is 2.24. The first-order chi connectivity index (χ1) is 12.1. The van der Waals surface area contributed by atoms with Gasteiger partial charge in [0.05, 0.1) is 0 Å². The fraction of sp³-hybridized carbons (Fsp3) is 0.300. The number of nitrogens with zero attached hydrogens (tertiary/aromatic N) is 1. The van der Waals surface area contributed by atoms with Crippen LogP contribution in [0.5, 0.6) is 5.75 Å². The van der Waals surface area contributed by atoms with E-state index < -0.39 is 12.6 Å². The van der Waals surface area contributed by atoms with Crippen LogP contribution in [0.15, 0.2) is 54.6 Å². The molecule has 1 unspecified atom stereocenters. The molecular weight excluding hydrogens is 318 g/mol. The quantitative estimate of drug-likeness (QED) is 0.878. The van der Waals surface area contributed by atoms with E-state index in [9.17, 15) is 9.59 Å². The molecule has 1 aliphatic rings. The van der Waals surface area contributed by atoms with Crippen LogP contribution in [0.3, 0.4) is 0 Å². The van der Waals surface area contributed by atoms with Crippen LogP contribution < -0.4 is 4.74 Å². The van der Waals surface area contributed by atoms with Gasteiger partial charge in [-0.2, -0.15) is 0 Å². The fourth-order valence-electron chi connectivity index (χ4n) is 3.23.